The zero-order valence-corrected chi connectivity index (χ0v) is 26.1. The predicted molar refractivity (Wildman–Crippen MR) is 168 cm³/mol. The summed E-state index contributed by atoms with van der Waals surface area (Å²) in [7, 11) is -4.14. The lowest BCUT2D eigenvalue weighted by Gasteiger charge is -2.34. The Morgan fingerprint density at radius 3 is 2.14 bits per heavy atom. The van der Waals surface area contributed by atoms with E-state index in [1.165, 1.54) is 23.1 Å². The zero-order valence-electron chi connectivity index (χ0n) is 24.6. The number of anilines is 1. The molecule has 9 heteroatoms. The number of nitrogens with one attached hydrogen (secondary N) is 1. The fourth-order valence-electron chi connectivity index (χ4n) is 5.35. The molecular formula is C33H40ClN3O4S. The molecular weight excluding hydrogens is 570 g/mol. The first-order valence-corrected chi connectivity index (χ1v) is 16.4. The van der Waals surface area contributed by atoms with E-state index in [4.69, 9.17) is 11.6 Å². The number of halogens is 1. The van der Waals surface area contributed by atoms with E-state index in [1.54, 1.807) is 30.3 Å². The van der Waals surface area contributed by atoms with Gasteiger partial charge in [0.05, 0.1) is 10.6 Å². The van der Waals surface area contributed by atoms with Gasteiger partial charge in [-0.1, -0.05) is 91.4 Å². The molecule has 0 bridgehead atoms. The second-order valence-corrected chi connectivity index (χ2v) is 13.4. The number of benzene rings is 3. The van der Waals surface area contributed by atoms with Gasteiger partial charge in [0.25, 0.3) is 10.0 Å². The summed E-state index contributed by atoms with van der Waals surface area (Å²) < 4.78 is 29.0. The van der Waals surface area contributed by atoms with Crippen molar-refractivity contribution in [1.82, 2.24) is 10.2 Å². The van der Waals surface area contributed by atoms with Crippen LogP contribution in [0.2, 0.25) is 5.02 Å². The Morgan fingerprint density at radius 1 is 0.929 bits per heavy atom. The minimum absolute atomic E-state index is 0.0630. The highest BCUT2D eigenvalue weighted by Crippen LogP contribution is 2.27. The van der Waals surface area contributed by atoms with Crippen LogP contribution in [0, 0.1) is 13.8 Å². The third-order valence-electron chi connectivity index (χ3n) is 7.80. The molecule has 42 heavy (non-hydrogen) atoms. The summed E-state index contributed by atoms with van der Waals surface area (Å²) in [5, 5.41) is 3.52. The molecule has 0 radical (unpaired) electrons. The molecule has 0 aliphatic heterocycles. The van der Waals surface area contributed by atoms with Crippen molar-refractivity contribution in [3.8, 4) is 0 Å². The van der Waals surface area contributed by atoms with Gasteiger partial charge in [-0.15, -0.1) is 0 Å². The minimum Gasteiger partial charge on any atom is -0.352 e. The van der Waals surface area contributed by atoms with Gasteiger partial charge < -0.3 is 10.2 Å². The van der Waals surface area contributed by atoms with Crippen molar-refractivity contribution < 1.29 is 18.0 Å². The second kappa shape index (κ2) is 14.2. The van der Waals surface area contributed by atoms with E-state index in [9.17, 15) is 18.0 Å². The first-order chi connectivity index (χ1) is 20.1. The predicted octanol–water partition coefficient (Wildman–Crippen LogP) is 6.41. The Kier molecular flexibility index (Phi) is 10.7. The van der Waals surface area contributed by atoms with E-state index in [-0.39, 0.29) is 29.1 Å². The Labute approximate surface area is 254 Å². The lowest BCUT2D eigenvalue weighted by Crippen LogP contribution is -2.54. The summed E-state index contributed by atoms with van der Waals surface area (Å²) in [5.74, 6) is -0.683. The molecule has 7 nitrogen and oxygen atoms in total. The molecule has 1 aliphatic carbocycles. The maximum Gasteiger partial charge on any atom is 0.264 e. The molecule has 224 valence electrons. The molecule has 1 saturated carbocycles. The largest absolute Gasteiger partial charge is 0.352 e. The van der Waals surface area contributed by atoms with Crippen LogP contribution in [0.1, 0.15) is 62.1 Å². The SMILES string of the molecule is CC[C@H](C(=O)NC1CCCCC1)N(Cc1ccc(C)cc1)C(=O)CN(c1cccc(Cl)c1)S(=O)(=O)c1ccc(C)cc1. The maximum atomic E-state index is 14.2. The molecule has 1 N–H and O–H groups in total. The van der Waals surface area contributed by atoms with E-state index in [2.05, 4.69) is 5.32 Å². The number of aryl methyl sites for hydroxylation is 2. The van der Waals surface area contributed by atoms with Crippen molar-refractivity contribution in [3.63, 3.8) is 0 Å². The van der Waals surface area contributed by atoms with Crippen molar-refractivity contribution in [2.45, 2.75) is 82.8 Å². The second-order valence-electron chi connectivity index (χ2n) is 11.1. The van der Waals surface area contributed by atoms with E-state index in [1.807, 2.05) is 45.0 Å². The van der Waals surface area contributed by atoms with Gasteiger partial charge in [-0.3, -0.25) is 13.9 Å². The first-order valence-electron chi connectivity index (χ1n) is 14.6. The summed E-state index contributed by atoms with van der Waals surface area (Å²) >= 11 is 6.26. The van der Waals surface area contributed by atoms with E-state index >= 15 is 0 Å². The number of amides is 2. The van der Waals surface area contributed by atoms with Crippen LogP contribution >= 0.6 is 11.6 Å². The van der Waals surface area contributed by atoms with Crippen LogP contribution in [0.3, 0.4) is 0 Å². The molecule has 1 fully saturated rings. The molecule has 0 heterocycles. The van der Waals surface area contributed by atoms with E-state index < -0.39 is 28.5 Å². The Balaban J connectivity index is 1.70. The Bertz CT molecular complexity index is 1470. The van der Waals surface area contributed by atoms with Crippen LogP contribution in [0.15, 0.2) is 77.7 Å². The third kappa shape index (κ3) is 7.92. The van der Waals surface area contributed by atoms with Gasteiger partial charge >= 0.3 is 0 Å². The average Bonchev–Trinajstić information content (AvgIpc) is 2.97. The number of rotatable bonds is 11. The summed E-state index contributed by atoms with van der Waals surface area (Å²) in [6.07, 6.45) is 5.53. The highest BCUT2D eigenvalue weighted by molar-refractivity contribution is 7.92. The number of sulfonamides is 1. The normalized spacial score (nSPS) is 14.7. The third-order valence-corrected chi connectivity index (χ3v) is 9.82. The van der Waals surface area contributed by atoms with Gasteiger partial charge in [-0.05, 0) is 69.0 Å². The number of carbonyl (C=O) groups excluding carboxylic acids is 2. The molecule has 2 amide bonds. The Morgan fingerprint density at radius 2 is 1.55 bits per heavy atom. The molecule has 4 rings (SSSR count). The molecule has 0 spiro atoms. The molecule has 0 unspecified atom stereocenters. The lowest BCUT2D eigenvalue weighted by atomic mass is 9.95. The molecule has 3 aromatic rings. The molecule has 3 aromatic carbocycles. The molecule has 1 aliphatic rings. The topological polar surface area (TPSA) is 86.8 Å². The van der Waals surface area contributed by atoms with Gasteiger partial charge in [-0.25, -0.2) is 8.42 Å². The van der Waals surface area contributed by atoms with Crippen LogP contribution in [0.4, 0.5) is 5.69 Å². The molecule has 1 atom stereocenters. The number of hydrogen-bond acceptors (Lipinski definition) is 4. The molecule has 0 aromatic heterocycles. The van der Waals surface area contributed by atoms with Crippen LogP contribution in [-0.2, 0) is 26.2 Å². The molecule has 0 saturated heterocycles. The first kappa shape index (κ1) is 31.6. The highest BCUT2D eigenvalue weighted by atomic mass is 35.5. The zero-order chi connectivity index (χ0) is 30.3. The summed E-state index contributed by atoms with van der Waals surface area (Å²) in [4.78, 5) is 29.4. The number of hydrogen-bond donors (Lipinski definition) is 1. The fourth-order valence-corrected chi connectivity index (χ4v) is 6.94. The highest BCUT2D eigenvalue weighted by Gasteiger charge is 2.34. The monoisotopic (exact) mass is 609 g/mol. The number of carbonyl (C=O) groups is 2. The summed E-state index contributed by atoms with van der Waals surface area (Å²) in [6, 6.07) is 20.0. The van der Waals surface area contributed by atoms with Gasteiger partial charge in [0.15, 0.2) is 0 Å². The van der Waals surface area contributed by atoms with Crippen molar-refractivity contribution in [3.05, 3.63) is 94.5 Å². The van der Waals surface area contributed by atoms with Gasteiger partial charge in [0.2, 0.25) is 11.8 Å². The van der Waals surface area contributed by atoms with Crippen molar-refractivity contribution in [1.29, 1.82) is 0 Å². The maximum absolute atomic E-state index is 14.2. The van der Waals surface area contributed by atoms with Crippen LogP contribution in [0.5, 0.6) is 0 Å². The summed E-state index contributed by atoms with van der Waals surface area (Å²) in [6.45, 7) is 5.41. The Hall–Kier alpha value is -3.36. The van der Waals surface area contributed by atoms with Gasteiger partial charge in [0.1, 0.15) is 12.6 Å². The quantitative estimate of drug-likeness (QED) is 0.272. The smallest absolute Gasteiger partial charge is 0.264 e. The van der Waals surface area contributed by atoms with E-state index in [0.717, 1.165) is 53.1 Å². The van der Waals surface area contributed by atoms with Gasteiger partial charge in [-0.2, -0.15) is 0 Å². The van der Waals surface area contributed by atoms with Crippen LogP contribution in [0.25, 0.3) is 0 Å². The van der Waals surface area contributed by atoms with E-state index in [0.29, 0.717) is 11.4 Å². The van der Waals surface area contributed by atoms with Crippen molar-refractivity contribution >= 4 is 39.1 Å². The summed E-state index contributed by atoms with van der Waals surface area (Å²) in [5.41, 5.74) is 3.12. The van der Waals surface area contributed by atoms with Crippen LogP contribution in [-0.4, -0.2) is 43.8 Å². The standard InChI is InChI=1S/C33H40ClN3O4S/c1-4-31(33(39)35-28-10-6-5-7-11-28)36(22-26-17-13-24(2)14-18-26)32(38)23-37(29-12-8-9-27(34)21-29)42(40,41)30-19-15-25(3)16-20-30/h8-9,12-21,28,31H,4-7,10-11,22-23H2,1-3H3,(H,35,39)/t31-/m1/s1. The average molecular weight is 610 g/mol. The minimum atomic E-state index is -4.14. The van der Waals surface area contributed by atoms with Crippen molar-refractivity contribution in [2.24, 2.45) is 0 Å². The lowest BCUT2D eigenvalue weighted by molar-refractivity contribution is -0.140. The van der Waals surface area contributed by atoms with Crippen LogP contribution < -0.4 is 9.62 Å². The van der Waals surface area contributed by atoms with Crippen molar-refractivity contribution in [2.75, 3.05) is 10.8 Å². The fraction of sp³-hybridized carbons (Fsp3) is 0.394. The number of nitrogens with zero attached hydrogens (tertiary/aromatic N) is 2. The van der Waals surface area contributed by atoms with Gasteiger partial charge in [0, 0.05) is 17.6 Å².